The average Bonchev–Trinajstić information content (AvgIpc) is 2.81. The molecule has 0 amide bonds. The standard InChI is InChI=1S/C21H27NOS2/c1-3-5-9-16-14-22(17-10-7-6-8-11-17)18-12-21(24-4-2)19(23)13-20(18)25-15-16/h6-8,10-13,16,23H,3-5,9,14-15H2,1-2H3. The summed E-state index contributed by atoms with van der Waals surface area (Å²) in [6, 6.07) is 14.8. The molecule has 0 radical (unpaired) electrons. The van der Waals surface area contributed by atoms with Crippen LogP contribution in [-0.4, -0.2) is 23.2 Å². The third kappa shape index (κ3) is 4.48. The molecule has 0 bridgehead atoms. The van der Waals surface area contributed by atoms with Gasteiger partial charge in [-0.2, -0.15) is 0 Å². The zero-order valence-electron chi connectivity index (χ0n) is 15.1. The van der Waals surface area contributed by atoms with Crippen LogP contribution < -0.4 is 4.90 Å². The van der Waals surface area contributed by atoms with Crippen LogP contribution in [0.5, 0.6) is 5.75 Å². The van der Waals surface area contributed by atoms with E-state index in [2.05, 4.69) is 55.1 Å². The minimum atomic E-state index is 0.415. The number of phenols is 1. The highest BCUT2D eigenvalue weighted by Gasteiger charge is 2.25. The van der Waals surface area contributed by atoms with Crippen LogP contribution in [0.1, 0.15) is 33.1 Å². The Hall–Kier alpha value is -1.26. The number of thioether (sulfide) groups is 2. The number of aromatic hydroxyl groups is 1. The van der Waals surface area contributed by atoms with Crippen LogP contribution >= 0.6 is 23.5 Å². The lowest BCUT2D eigenvalue weighted by atomic mass is 10.0. The summed E-state index contributed by atoms with van der Waals surface area (Å²) in [5.74, 6) is 3.17. The number of phenolic OH excluding ortho intramolecular Hbond substituents is 1. The van der Waals surface area contributed by atoms with E-state index in [4.69, 9.17) is 0 Å². The molecule has 3 rings (SSSR count). The third-order valence-electron chi connectivity index (χ3n) is 4.58. The first-order chi connectivity index (χ1) is 12.2. The molecule has 2 aromatic rings. The maximum Gasteiger partial charge on any atom is 0.130 e. The maximum atomic E-state index is 10.4. The van der Waals surface area contributed by atoms with E-state index in [-0.39, 0.29) is 0 Å². The fraction of sp³-hybridized carbons (Fsp3) is 0.429. The lowest BCUT2D eigenvalue weighted by Gasteiger charge is -2.28. The van der Waals surface area contributed by atoms with Gasteiger partial charge in [0.2, 0.25) is 0 Å². The number of rotatable bonds is 6. The Morgan fingerprint density at radius 2 is 2.00 bits per heavy atom. The Morgan fingerprint density at radius 1 is 1.20 bits per heavy atom. The smallest absolute Gasteiger partial charge is 0.130 e. The second-order valence-corrected chi connectivity index (χ2v) is 8.85. The molecule has 0 fully saturated rings. The van der Waals surface area contributed by atoms with Gasteiger partial charge in [-0.15, -0.1) is 23.5 Å². The monoisotopic (exact) mass is 373 g/mol. The number of hydrogen-bond acceptors (Lipinski definition) is 4. The summed E-state index contributed by atoms with van der Waals surface area (Å²) >= 11 is 3.60. The molecule has 4 heteroatoms. The topological polar surface area (TPSA) is 23.5 Å². The number of para-hydroxylation sites is 1. The van der Waals surface area contributed by atoms with Gasteiger partial charge in [0.25, 0.3) is 0 Å². The molecule has 0 spiro atoms. The molecule has 2 nitrogen and oxygen atoms in total. The molecular weight excluding hydrogens is 346 g/mol. The highest BCUT2D eigenvalue weighted by atomic mass is 32.2. The van der Waals surface area contributed by atoms with Crippen molar-refractivity contribution < 1.29 is 5.11 Å². The molecule has 0 aromatic heterocycles. The molecule has 1 aliphatic rings. The van der Waals surface area contributed by atoms with E-state index >= 15 is 0 Å². The van der Waals surface area contributed by atoms with E-state index in [0.29, 0.717) is 11.7 Å². The van der Waals surface area contributed by atoms with Gasteiger partial charge >= 0.3 is 0 Å². The van der Waals surface area contributed by atoms with E-state index in [1.165, 1.54) is 35.5 Å². The number of hydrogen-bond donors (Lipinski definition) is 1. The van der Waals surface area contributed by atoms with Crippen LogP contribution in [0.4, 0.5) is 11.4 Å². The molecule has 0 aliphatic carbocycles. The minimum absolute atomic E-state index is 0.415. The van der Waals surface area contributed by atoms with Crippen molar-refractivity contribution in [1.29, 1.82) is 0 Å². The lowest BCUT2D eigenvalue weighted by Crippen LogP contribution is -2.25. The quantitative estimate of drug-likeness (QED) is 0.580. The zero-order valence-corrected chi connectivity index (χ0v) is 16.7. The van der Waals surface area contributed by atoms with Crippen LogP contribution in [0.2, 0.25) is 0 Å². The Morgan fingerprint density at radius 3 is 2.72 bits per heavy atom. The predicted octanol–water partition coefficient (Wildman–Crippen LogP) is 6.55. The molecule has 2 aromatic carbocycles. The van der Waals surface area contributed by atoms with Crippen molar-refractivity contribution in [2.75, 3.05) is 23.0 Å². The number of nitrogens with zero attached hydrogens (tertiary/aromatic N) is 1. The van der Waals surface area contributed by atoms with Gasteiger partial charge in [0, 0.05) is 22.9 Å². The van der Waals surface area contributed by atoms with Gasteiger partial charge in [0.05, 0.1) is 10.6 Å². The summed E-state index contributed by atoms with van der Waals surface area (Å²) in [6.45, 7) is 5.44. The van der Waals surface area contributed by atoms with Crippen molar-refractivity contribution in [2.45, 2.75) is 42.9 Å². The molecule has 1 atom stereocenters. The van der Waals surface area contributed by atoms with Gasteiger partial charge in [0.1, 0.15) is 5.75 Å². The summed E-state index contributed by atoms with van der Waals surface area (Å²) in [4.78, 5) is 4.63. The first-order valence-corrected chi connectivity index (χ1v) is 11.1. The number of benzene rings is 2. The van der Waals surface area contributed by atoms with Crippen LogP contribution in [-0.2, 0) is 0 Å². The van der Waals surface area contributed by atoms with E-state index in [9.17, 15) is 5.11 Å². The number of fused-ring (bicyclic) bond motifs is 1. The van der Waals surface area contributed by atoms with Crippen molar-refractivity contribution >= 4 is 34.9 Å². The minimum Gasteiger partial charge on any atom is -0.507 e. The number of anilines is 2. The predicted molar refractivity (Wildman–Crippen MR) is 112 cm³/mol. The van der Waals surface area contributed by atoms with Gasteiger partial charge in [-0.05, 0) is 42.4 Å². The second kappa shape index (κ2) is 8.91. The summed E-state index contributed by atoms with van der Waals surface area (Å²) in [5.41, 5.74) is 2.48. The highest BCUT2D eigenvalue weighted by Crippen LogP contribution is 2.45. The Bertz CT molecular complexity index is 690. The SMILES string of the molecule is CCCCC1CSc2cc(O)c(SCC)cc2N(c2ccccc2)C1. The second-order valence-electron chi connectivity index (χ2n) is 6.49. The fourth-order valence-electron chi connectivity index (χ4n) is 3.27. The fourth-order valence-corrected chi connectivity index (χ4v) is 5.18. The molecule has 1 aliphatic heterocycles. The van der Waals surface area contributed by atoms with Crippen LogP contribution in [0.3, 0.4) is 0 Å². The molecule has 134 valence electrons. The van der Waals surface area contributed by atoms with Crippen molar-refractivity contribution in [3.05, 3.63) is 42.5 Å². The molecule has 1 unspecified atom stereocenters. The molecule has 0 saturated heterocycles. The Balaban J connectivity index is 2.00. The normalized spacial score (nSPS) is 17.2. The van der Waals surface area contributed by atoms with E-state index < -0.39 is 0 Å². The third-order valence-corrected chi connectivity index (χ3v) is 6.78. The summed E-state index contributed by atoms with van der Waals surface area (Å²) in [7, 11) is 0. The maximum absolute atomic E-state index is 10.4. The largest absolute Gasteiger partial charge is 0.507 e. The first kappa shape index (κ1) is 18.5. The first-order valence-electron chi connectivity index (χ1n) is 9.18. The molecular formula is C21H27NOS2. The summed E-state index contributed by atoms with van der Waals surface area (Å²) < 4.78 is 0. The van der Waals surface area contributed by atoms with Gasteiger partial charge in [-0.1, -0.05) is 44.9 Å². The van der Waals surface area contributed by atoms with Gasteiger partial charge in [0.15, 0.2) is 0 Å². The van der Waals surface area contributed by atoms with E-state index in [1.807, 2.05) is 17.8 Å². The Labute approximate surface area is 160 Å². The van der Waals surface area contributed by atoms with Crippen molar-refractivity contribution in [3.63, 3.8) is 0 Å². The van der Waals surface area contributed by atoms with Crippen LogP contribution in [0, 0.1) is 5.92 Å². The zero-order chi connectivity index (χ0) is 17.6. The van der Waals surface area contributed by atoms with Crippen molar-refractivity contribution in [1.82, 2.24) is 0 Å². The summed E-state index contributed by atoms with van der Waals surface area (Å²) in [6.07, 6.45) is 3.80. The molecule has 25 heavy (non-hydrogen) atoms. The Kier molecular flexibility index (Phi) is 6.60. The van der Waals surface area contributed by atoms with Crippen molar-refractivity contribution in [2.24, 2.45) is 5.92 Å². The van der Waals surface area contributed by atoms with E-state index in [1.54, 1.807) is 11.8 Å². The van der Waals surface area contributed by atoms with E-state index in [0.717, 1.165) is 22.9 Å². The van der Waals surface area contributed by atoms with Gasteiger partial charge < -0.3 is 10.0 Å². The van der Waals surface area contributed by atoms with Gasteiger partial charge in [-0.25, -0.2) is 0 Å². The van der Waals surface area contributed by atoms with Crippen LogP contribution in [0.15, 0.2) is 52.3 Å². The number of unbranched alkanes of at least 4 members (excludes halogenated alkanes) is 1. The molecule has 1 heterocycles. The van der Waals surface area contributed by atoms with Crippen molar-refractivity contribution in [3.8, 4) is 5.75 Å². The van der Waals surface area contributed by atoms with Gasteiger partial charge in [-0.3, -0.25) is 0 Å². The van der Waals surface area contributed by atoms with Crippen LogP contribution in [0.25, 0.3) is 0 Å². The molecule has 0 saturated carbocycles. The molecule has 1 N–H and O–H groups in total. The highest BCUT2D eigenvalue weighted by molar-refractivity contribution is 7.99. The average molecular weight is 374 g/mol. The summed E-state index contributed by atoms with van der Waals surface area (Å²) in [5, 5.41) is 10.4. The lowest BCUT2D eigenvalue weighted by molar-refractivity contribution is 0.461.